The van der Waals surface area contributed by atoms with E-state index in [1.54, 1.807) is 0 Å². The number of hydrogen-bond acceptors (Lipinski definition) is 5. The molecule has 0 unspecified atom stereocenters. The third-order valence-corrected chi connectivity index (χ3v) is 3.89. The van der Waals surface area contributed by atoms with E-state index in [1.807, 2.05) is 49.3 Å². The molecule has 1 aromatic heterocycles. The van der Waals surface area contributed by atoms with Crippen LogP contribution in [0.1, 0.15) is 5.56 Å². The maximum Gasteiger partial charge on any atom is 0.327 e. The van der Waals surface area contributed by atoms with E-state index in [9.17, 15) is 14.5 Å². The monoisotopic (exact) mass is 340 g/mol. The van der Waals surface area contributed by atoms with Crippen LogP contribution >= 0.6 is 0 Å². The molecule has 0 fully saturated rings. The molecular formula is C18H17FN4O2. The lowest BCUT2D eigenvalue weighted by Gasteiger charge is -2.16. The molecule has 0 spiro atoms. The number of aromatic nitrogens is 1. The Labute approximate surface area is 144 Å². The summed E-state index contributed by atoms with van der Waals surface area (Å²) in [7, 11) is 3.79. The van der Waals surface area contributed by atoms with Gasteiger partial charge in [-0.15, -0.1) is 0 Å². The van der Waals surface area contributed by atoms with Crippen LogP contribution in [0.15, 0.2) is 48.5 Å². The van der Waals surface area contributed by atoms with Gasteiger partial charge in [0.15, 0.2) is 0 Å². The van der Waals surface area contributed by atoms with Crippen molar-refractivity contribution >= 4 is 28.1 Å². The van der Waals surface area contributed by atoms with Crippen molar-refractivity contribution in [2.24, 2.45) is 0 Å². The first kappa shape index (κ1) is 16.6. The van der Waals surface area contributed by atoms with Crippen LogP contribution < -0.4 is 10.2 Å². The number of pyridine rings is 1. The number of nitrogens with one attached hydrogen (secondary N) is 1. The smallest absolute Gasteiger partial charge is 0.327 e. The van der Waals surface area contributed by atoms with Crippen molar-refractivity contribution in [3.63, 3.8) is 0 Å². The minimum absolute atomic E-state index is 0.150. The van der Waals surface area contributed by atoms with Crippen molar-refractivity contribution in [1.82, 2.24) is 4.98 Å². The number of fused-ring (bicyclic) bond motifs is 1. The quantitative estimate of drug-likeness (QED) is 0.562. The first-order valence-corrected chi connectivity index (χ1v) is 7.70. The lowest BCUT2D eigenvalue weighted by Crippen LogP contribution is -2.12. The summed E-state index contributed by atoms with van der Waals surface area (Å²) < 4.78 is 13.8. The van der Waals surface area contributed by atoms with Crippen LogP contribution in [0.25, 0.3) is 10.9 Å². The SMILES string of the molecule is CN(C)c1cc(CNc2cccc(F)c2[N+](=O)[O-])c2ccccc2n1. The number of nitrogens with zero attached hydrogens (tertiary/aromatic N) is 3. The molecule has 25 heavy (non-hydrogen) atoms. The van der Waals surface area contributed by atoms with Crippen LogP contribution in [0.3, 0.4) is 0 Å². The van der Waals surface area contributed by atoms with Gasteiger partial charge in [-0.1, -0.05) is 24.3 Å². The molecule has 1 heterocycles. The molecule has 0 aliphatic rings. The predicted molar refractivity (Wildman–Crippen MR) is 96.5 cm³/mol. The molecule has 1 N–H and O–H groups in total. The van der Waals surface area contributed by atoms with Crippen LogP contribution in [0.5, 0.6) is 0 Å². The zero-order valence-electron chi connectivity index (χ0n) is 13.9. The van der Waals surface area contributed by atoms with Crippen molar-refractivity contribution < 1.29 is 9.31 Å². The molecule has 0 radical (unpaired) electrons. The molecule has 3 rings (SSSR count). The van der Waals surface area contributed by atoms with E-state index in [-0.39, 0.29) is 5.69 Å². The van der Waals surface area contributed by atoms with E-state index in [4.69, 9.17) is 0 Å². The molecule has 0 bridgehead atoms. The van der Waals surface area contributed by atoms with Crippen molar-refractivity contribution in [3.05, 3.63) is 70.0 Å². The number of halogens is 1. The second-order valence-electron chi connectivity index (χ2n) is 5.80. The molecule has 0 aliphatic heterocycles. The van der Waals surface area contributed by atoms with Gasteiger partial charge in [-0.25, -0.2) is 4.98 Å². The van der Waals surface area contributed by atoms with E-state index in [0.717, 1.165) is 28.4 Å². The number of rotatable bonds is 5. The zero-order valence-corrected chi connectivity index (χ0v) is 13.9. The van der Waals surface area contributed by atoms with Gasteiger partial charge in [0.1, 0.15) is 11.5 Å². The summed E-state index contributed by atoms with van der Waals surface area (Å²) >= 11 is 0. The molecule has 0 amide bonds. The van der Waals surface area contributed by atoms with Gasteiger partial charge in [-0.3, -0.25) is 10.1 Å². The summed E-state index contributed by atoms with van der Waals surface area (Å²) in [6.45, 7) is 0.314. The average Bonchev–Trinajstić information content (AvgIpc) is 2.59. The summed E-state index contributed by atoms with van der Waals surface area (Å²) in [6.07, 6.45) is 0. The van der Waals surface area contributed by atoms with Gasteiger partial charge in [0.25, 0.3) is 0 Å². The van der Waals surface area contributed by atoms with Crippen LogP contribution in [-0.2, 0) is 6.54 Å². The Balaban J connectivity index is 1.99. The lowest BCUT2D eigenvalue weighted by atomic mass is 10.1. The molecule has 7 heteroatoms. The third-order valence-electron chi connectivity index (χ3n) is 3.89. The highest BCUT2D eigenvalue weighted by molar-refractivity contribution is 5.84. The van der Waals surface area contributed by atoms with Gasteiger partial charge < -0.3 is 10.2 Å². The Morgan fingerprint density at radius 3 is 2.68 bits per heavy atom. The lowest BCUT2D eigenvalue weighted by molar-refractivity contribution is -0.386. The minimum atomic E-state index is -0.858. The Bertz CT molecular complexity index is 944. The van der Waals surface area contributed by atoms with E-state index in [1.165, 1.54) is 12.1 Å². The first-order chi connectivity index (χ1) is 12.0. The van der Waals surface area contributed by atoms with Crippen LogP contribution in [0, 0.1) is 15.9 Å². The van der Waals surface area contributed by atoms with Crippen molar-refractivity contribution in [3.8, 4) is 0 Å². The second kappa shape index (κ2) is 6.72. The van der Waals surface area contributed by atoms with Crippen LogP contribution in [0.4, 0.5) is 21.6 Å². The van der Waals surface area contributed by atoms with Gasteiger partial charge in [-0.2, -0.15) is 4.39 Å². The number of anilines is 2. The van der Waals surface area contributed by atoms with Gasteiger partial charge in [0.2, 0.25) is 5.82 Å². The number of benzene rings is 2. The molecule has 6 nitrogen and oxygen atoms in total. The number of nitro benzene ring substituents is 1. The molecule has 2 aromatic carbocycles. The molecule has 0 atom stereocenters. The van der Waals surface area contributed by atoms with E-state index in [2.05, 4.69) is 10.3 Å². The topological polar surface area (TPSA) is 71.3 Å². The fraction of sp³-hybridized carbons (Fsp3) is 0.167. The van der Waals surface area contributed by atoms with Crippen LogP contribution in [-0.4, -0.2) is 24.0 Å². The van der Waals surface area contributed by atoms with Crippen molar-refractivity contribution in [2.75, 3.05) is 24.3 Å². The number of hydrogen-bond donors (Lipinski definition) is 1. The maximum absolute atomic E-state index is 13.8. The Kier molecular flexibility index (Phi) is 4.47. The predicted octanol–water partition coefficient (Wildman–Crippen LogP) is 3.96. The standard InChI is InChI=1S/C18H17FN4O2/c1-22(2)17-10-12(13-6-3-4-8-15(13)21-17)11-20-16-9-5-7-14(19)18(16)23(24)25/h3-10,20H,11H2,1-2H3. The number of nitro groups is 1. The zero-order chi connectivity index (χ0) is 18.0. The maximum atomic E-state index is 13.8. The fourth-order valence-electron chi connectivity index (χ4n) is 2.64. The van der Waals surface area contributed by atoms with Gasteiger partial charge in [0, 0.05) is 26.0 Å². The second-order valence-corrected chi connectivity index (χ2v) is 5.80. The number of para-hydroxylation sites is 2. The highest BCUT2D eigenvalue weighted by atomic mass is 19.1. The summed E-state index contributed by atoms with van der Waals surface area (Å²) in [5, 5.41) is 15.0. The molecule has 0 saturated carbocycles. The molecule has 3 aromatic rings. The van der Waals surface area contributed by atoms with E-state index >= 15 is 0 Å². The van der Waals surface area contributed by atoms with Gasteiger partial charge in [0.05, 0.1) is 10.4 Å². The molecular weight excluding hydrogens is 323 g/mol. The highest BCUT2D eigenvalue weighted by Crippen LogP contribution is 2.29. The Hall–Kier alpha value is -3.22. The fourth-order valence-corrected chi connectivity index (χ4v) is 2.64. The molecule has 128 valence electrons. The minimum Gasteiger partial charge on any atom is -0.375 e. The van der Waals surface area contributed by atoms with Crippen LogP contribution in [0.2, 0.25) is 0 Å². The highest BCUT2D eigenvalue weighted by Gasteiger charge is 2.19. The first-order valence-electron chi connectivity index (χ1n) is 7.70. The normalized spacial score (nSPS) is 10.7. The van der Waals surface area contributed by atoms with E-state index in [0.29, 0.717) is 6.54 Å². The summed E-state index contributed by atoms with van der Waals surface area (Å²) in [6, 6.07) is 13.6. The largest absolute Gasteiger partial charge is 0.375 e. The van der Waals surface area contributed by atoms with Gasteiger partial charge in [-0.05, 0) is 29.8 Å². The molecule has 0 aliphatic carbocycles. The van der Waals surface area contributed by atoms with Crippen molar-refractivity contribution in [2.45, 2.75) is 6.54 Å². The summed E-state index contributed by atoms with van der Waals surface area (Å²) in [5.41, 5.74) is 1.36. The Morgan fingerprint density at radius 1 is 1.20 bits per heavy atom. The summed E-state index contributed by atoms with van der Waals surface area (Å²) in [5.74, 6) is -0.0761. The average molecular weight is 340 g/mol. The molecule has 0 saturated heterocycles. The van der Waals surface area contributed by atoms with Crippen molar-refractivity contribution in [1.29, 1.82) is 0 Å². The third kappa shape index (κ3) is 3.35. The van der Waals surface area contributed by atoms with E-state index < -0.39 is 16.4 Å². The Morgan fingerprint density at radius 2 is 1.96 bits per heavy atom. The van der Waals surface area contributed by atoms with Gasteiger partial charge >= 0.3 is 5.69 Å². The summed E-state index contributed by atoms with van der Waals surface area (Å²) in [4.78, 5) is 16.9.